The van der Waals surface area contributed by atoms with Crippen LogP contribution in [-0.2, 0) is 24.7 Å². The number of Topliss-reactive ketones (excluding diaryl/α,β-unsaturated/α-hetero) is 1. The van der Waals surface area contributed by atoms with E-state index in [9.17, 15) is 9.59 Å². The maximum atomic E-state index is 12.5. The fourth-order valence-corrected chi connectivity index (χ4v) is 2.85. The molecule has 0 amide bonds. The number of carbonyl (C=O) groups is 1. The lowest BCUT2D eigenvalue weighted by Gasteiger charge is -2.08. The van der Waals surface area contributed by atoms with Crippen molar-refractivity contribution in [1.29, 1.82) is 0 Å². The highest BCUT2D eigenvalue weighted by molar-refractivity contribution is 5.89. The van der Waals surface area contributed by atoms with Gasteiger partial charge in [-0.25, -0.2) is 4.68 Å². The van der Waals surface area contributed by atoms with E-state index in [1.54, 1.807) is 13.1 Å². The molecular formula is C20H20N2O3. The highest BCUT2D eigenvalue weighted by atomic mass is 16.5. The largest absolute Gasteiger partial charge is 0.494 e. The van der Waals surface area contributed by atoms with Crippen molar-refractivity contribution >= 4 is 16.6 Å². The number of aromatic nitrogens is 2. The molecule has 0 spiro atoms. The Kier molecular flexibility index (Phi) is 4.93. The van der Waals surface area contributed by atoms with Gasteiger partial charge in [-0.3, -0.25) is 9.59 Å². The number of rotatable bonds is 6. The van der Waals surface area contributed by atoms with Crippen molar-refractivity contribution in [3.8, 4) is 5.75 Å². The van der Waals surface area contributed by atoms with Crippen molar-refractivity contribution in [3.63, 3.8) is 0 Å². The second-order valence-electron chi connectivity index (χ2n) is 5.89. The monoisotopic (exact) mass is 336 g/mol. The Bertz CT molecular complexity index is 959. The molecule has 1 heterocycles. The lowest BCUT2D eigenvalue weighted by Crippen LogP contribution is -2.22. The minimum absolute atomic E-state index is 0.0560. The van der Waals surface area contributed by atoms with Crippen LogP contribution in [0.3, 0.4) is 0 Å². The predicted molar refractivity (Wildman–Crippen MR) is 97.0 cm³/mol. The van der Waals surface area contributed by atoms with E-state index in [4.69, 9.17) is 4.74 Å². The molecule has 0 radical (unpaired) electrons. The van der Waals surface area contributed by atoms with Crippen molar-refractivity contribution in [3.05, 3.63) is 70.1 Å². The van der Waals surface area contributed by atoms with E-state index in [2.05, 4.69) is 5.10 Å². The Morgan fingerprint density at radius 1 is 1.04 bits per heavy atom. The molecule has 0 fully saturated rings. The molecule has 0 aliphatic heterocycles. The minimum Gasteiger partial charge on any atom is -0.494 e. The summed E-state index contributed by atoms with van der Waals surface area (Å²) >= 11 is 0. The number of ether oxygens (including phenoxy) is 1. The van der Waals surface area contributed by atoms with Crippen LogP contribution in [0.15, 0.2) is 53.3 Å². The topological polar surface area (TPSA) is 61.2 Å². The van der Waals surface area contributed by atoms with E-state index < -0.39 is 0 Å². The zero-order chi connectivity index (χ0) is 17.8. The van der Waals surface area contributed by atoms with Crippen LogP contribution in [0.2, 0.25) is 0 Å². The average molecular weight is 336 g/mol. The first-order valence-corrected chi connectivity index (χ1v) is 8.27. The van der Waals surface area contributed by atoms with Gasteiger partial charge in [0.25, 0.3) is 5.56 Å². The molecule has 0 saturated carbocycles. The smallest absolute Gasteiger partial charge is 0.274 e. The van der Waals surface area contributed by atoms with Gasteiger partial charge in [0.15, 0.2) is 0 Å². The molecule has 0 saturated heterocycles. The standard InChI is InChI=1S/C20H20N2O3/c1-3-25-16-10-8-14(9-11-16)12-15(23)13-19-17-6-4-5-7-18(17)20(24)22(2)21-19/h4-11H,3,12-13H2,1-2H3. The minimum atomic E-state index is -0.154. The van der Waals surface area contributed by atoms with E-state index in [-0.39, 0.29) is 17.8 Å². The van der Waals surface area contributed by atoms with Gasteiger partial charge in [0.1, 0.15) is 11.5 Å². The number of fused-ring (bicyclic) bond motifs is 1. The van der Waals surface area contributed by atoms with Gasteiger partial charge in [-0.05, 0) is 30.7 Å². The second-order valence-corrected chi connectivity index (χ2v) is 5.89. The Morgan fingerprint density at radius 2 is 1.72 bits per heavy atom. The SMILES string of the molecule is CCOc1ccc(CC(=O)Cc2nn(C)c(=O)c3ccccc23)cc1. The lowest BCUT2D eigenvalue weighted by molar-refractivity contribution is -0.117. The van der Waals surface area contributed by atoms with Crippen LogP contribution in [-0.4, -0.2) is 22.2 Å². The van der Waals surface area contributed by atoms with Gasteiger partial charge in [0.2, 0.25) is 0 Å². The van der Waals surface area contributed by atoms with Gasteiger partial charge in [0.05, 0.1) is 24.1 Å². The summed E-state index contributed by atoms with van der Waals surface area (Å²) in [7, 11) is 1.61. The number of benzene rings is 2. The highest BCUT2D eigenvalue weighted by Gasteiger charge is 2.13. The normalized spacial score (nSPS) is 10.8. The molecule has 0 aliphatic carbocycles. The van der Waals surface area contributed by atoms with Crippen molar-refractivity contribution in [2.45, 2.75) is 19.8 Å². The second kappa shape index (κ2) is 7.30. The third-order valence-corrected chi connectivity index (χ3v) is 4.03. The van der Waals surface area contributed by atoms with Crippen LogP contribution in [0.4, 0.5) is 0 Å². The number of hydrogen-bond acceptors (Lipinski definition) is 4. The van der Waals surface area contributed by atoms with E-state index in [0.29, 0.717) is 24.1 Å². The van der Waals surface area contributed by atoms with Gasteiger partial charge < -0.3 is 4.74 Å². The highest BCUT2D eigenvalue weighted by Crippen LogP contribution is 2.16. The van der Waals surface area contributed by atoms with E-state index in [0.717, 1.165) is 16.7 Å². The fraction of sp³-hybridized carbons (Fsp3) is 0.250. The Hall–Kier alpha value is -2.95. The third kappa shape index (κ3) is 3.76. The van der Waals surface area contributed by atoms with Gasteiger partial charge in [-0.2, -0.15) is 5.10 Å². The molecule has 5 nitrogen and oxygen atoms in total. The van der Waals surface area contributed by atoms with Crippen molar-refractivity contribution in [2.75, 3.05) is 6.61 Å². The molecule has 0 atom stereocenters. The summed E-state index contributed by atoms with van der Waals surface area (Å²) in [6, 6.07) is 14.8. The number of carbonyl (C=O) groups excluding carboxylic acids is 1. The number of nitrogens with zero attached hydrogens (tertiary/aromatic N) is 2. The van der Waals surface area contributed by atoms with E-state index in [1.165, 1.54) is 4.68 Å². The molecule has 5 heteroatoms. The summed E-state index contributed by atoms with van der Waals surface area (Å²) < 4.78 is 6.70. The van der Waals surface area contributed by atoms with Crippen LogP contribution in [0.25, 0.3) is 10.8 Å². The maximum Gasteiger partial charge on any atom is 0.274 e. The lowest BCUT2D eigenvalue weighted by atomic mass is 10.0. The first-order chi connectivity index (χ1) is 12.1. The summed E-state index contributed by atoms with van der Waals surface area (Å²) in [4.78, 5) is 24.6. The van der Waals surface area contributed by atoms with Crippen LogP contribution in [0, 0.1) is 0 Å². The molecular weight excluding hydrogens is 316 g/mol. The maximum absolute atomic E-state index is 12.5. The first kappa shape index (κ1) is 16.9. The van der Waals surface area contributed by atoms with Crippen molar-refractivity contribution < 1.29 is 9.53 Å². The average Bonchev–Trinajstić information content (AvgIpc) is 2.61. The molecule has 3 rings (SSSR count). The predicted octanol–water partition coefficient (Wildman–Crippen LogP) is 2.69. The molecule has 0 unspecified atom stereocenters. The van der Waals surface area contributed by atoms with Gasteiger partial charge in [0, 0.05) is 18.9 Å². The number of aryl methyl sites for hydroxylation is 1. The molecule has 128 valence electrons. The van der Waals surface area contributed by atoms with Crippen LogP contribution in [0.5, 0.6) is 5.75 Å². The van der Waals surface area contributed by atoms with Crippen LogP contribution < -0.4 is 10.3 Å². The number of hydrogen-bond donors (Lipinski definition) is 0. The molecule has 0 bridgehead atoms. The molecule has 0 aliphatic rings. The Labute approximate surface area is 145 Å². The van der Waals surface area contributed by atoms with Crippen molar-refractivity contribution in [2.24, 2.45) is 7.05 Å². The fourth-order valence-electron chi connectivity index (χ4n) is 2.85. The quantitative estimate of drug-likeness (QED) is 0.694. The summed E-state index contributed by atoms with van der Waals surface area (Å²) in [5.41, 5.74) is 1.41. The Morgan fingerprint density at radius 3 is 2.40 bits per heavy atom. The van der Waals surface area contributed by atoms with Crippen molar-refractivity contribution in [1.82, 2.24) is 9.78 Å². The molecule has 2 aromatic carbocycles. The third-order valence-electron chi connectivity index (χ3n) is 4.03. The summed E-state index contributed by atoms with van der Waals surface area (Å²) in [6.07, 6.45) is 0.521. The first-order valence-electron chi connectivity index (χ1n) is 8.27. The zero-order valence-electron chi connectivity index (χ0n) is 14.4. The molecule has 0 N–H and O–H groups in total. The van der Waals surface area contributed by atoms with Gasteiger partial charge >= 0.3 is 0 Å². The Balaban J connectivity index is 1.80. The van der Waals surface area contributed by atoms with E-state index >= 15 is 0 Å². The van der Waals surface area contributed by atoms with E-state index in [1.807, 2.05) is 49.4 Å². The molecule has 3 aromatic rings. The zero-order valence-corrected chi connectivity index (χ0v) is 14.4. The van der Waals surface area contributed by atoms with Crippen LogP contribution >= 0.6 is 0 Å². The van der Waals surface area contributed by atoms with Crippen LogP contribution in [0.1, 0.15) is 18.2 Å². The summed E-state index contributed by atoms with van der Waals surface area (Å²) in [5.74, 6) is 0.852. The summed E-state index contributed by atoms with van der Waals surface area (Å²) in [5, 5.41) is 5.61. The number of ketones is 1. The van der Waals surface area contributed by atoms with Gasteiger partial charge in [-0.1, -0.05) is 30.3 Å². The van der Waals surface area contributed by atoms with Gasteiger partial charge in [-0.15, -0.1) is 0 Å². The molecule has 25 heavy (non-hydrogen) atoms. The summed E-state index contributed by atoms with van der Waals surface area (Å²) in [6.45, 7) is 2.55. The molecule has 1 aromatic heterocycles.